The third kappa shape index (κ3) is 76.6. The zero-order valence-corrected chi connectivity index (χ0v) is 67.6. The van der Waals surface area contributed by atoms with Crippen molar-refractivity contribution in [2.45, 2.75) is 316 Å². The summed E-state index contributed by atoms with van der Waals surface area (Å²) in [6, 6.07) is 0. The summed E-state index contributed by atoms with van der Waals surface area (Å²) in [4.78, 5) is 73.1. The van der Waals surface area contributed by atoms with Crippen molar-refractivity contribution in [1.82, 2.24) is 0 Å². The van der Waals surface area contributed by atoms with Crippen LogP contribution >= 0.6 is 15.6 Å². The second kappa shape index (κ2) is 77.6. The van der Waals surface area contributed by atoms with Crippen molar-refractivity contribution in [1.29, 1.82) is 0 Å². The van der Waals surface area contributed by atoms with Crippen LogP contribution in [0.25, 0.3) is 0 Å². The Bertz CT molecular complexity index is 2680. The van der Waals surface area contributed by atoms with Gasteiger partial charge >= 0.3 is 39.5 Å². The van der Waals surface area contributed by atoms with Crippen LogP contribution in [-0.4, -0.2) is 96.7 Å². The van der Waals surface area contributed by atoms with Gasteiger partial charge in [0.25, 0.3) is 0 Å². The summed E-state index contributed by atoms with van der Waals surface area (Å²) in [5, 5.41) is 10.7. The molecule has 0 saturated heterocycles. The Labute approximate surface area is 642 Å². The molecule has 0 fully saturated rings. The Hall–Kier alpha value is -5.58. The molecular weight excluding hydrogens is 1380 g/mol. The highest BCUT2D eigenvalue weighted by Gasteiger charge is 2.30. The topological polar surface area (TPSA) is 237 Å². The Morgan fingerprint density at radius 2 is 0.462 bits per heavy atom. The molecule has 0 aromatic heterocycles. The average molecular weight is 1520 g/mol. The highest BCUT2D eigenvalue weighted by molar-refractivity contribution is 7.47. The third-order valence-corrected chi connectivity index (χ3v) is 18.1. The average Bonchev–Trinajstić information content (AvgIpc) is 0.902. The van der Waals surface area contributed by atoms with Gasteiger partial charge in [-0.2, -0.15) is 0 Å². The number of hydrogen-bond donors (Lipinski definition) is 3. The molecule has 0 heterocycles. The molecule has 3 N–H and O–H groups in total. The summed E-state index contributed by atoms with van der Waals surface area (Å²) in [6.45, 7) is 4.34. The molecule has 0 amide bonds. The van der Waals surface area contributed by atoms with Gasteiger partial charge in [-0.1, -0.05) is 275 Å². The lowest BCUT2D eigenvalue weighted by atomic mass is 10.1. The van der Waals surface area contributed by atoms with Crippen LogP contribution in [0, 0.1) is 0 Å². The van der Waals surface area contributed by atoms with Gasteiger partial charge in [0.1, 0.15) is 19.3 Å². The second-order valence-electron chi connectivity index (χ2n) is 26.2. The highest BCUT2D eigenvalue weighted by atomic mass is 31.2. The maximum atomic E-state index is 13.1. The van der Waals surface area contributed by atoms with Crippen LogP contribution in [0.4, 0.5) is 0 Å². The Balaban J connectivity index is 5.45. The summed E-state index contributed by atoms with van der Waals surface area (Å²) < 4.78 is 68.6. The first-order valence-electron chi connectivity index (χ1n) is 40.4. The number of rotatable bonds is 74. The van der Waals surface area contributed by atoms with E-state index < -0.39 is 97.5 Å². The maximum absolute atomic E-state index is 13.1. The smallest absolute Gasteiger partial charge is 0.462 e. The molecule has 0 aliphatic carbocycles. The normalized spacial score (nSPS) is 14.7. The molecule has 17 nitrogen and oxygen atoms in total. The summed E-state index contributed by atoms with van der Waals surface area (Å²) in [7, 11) is -10.00. The fraction of sp³-hybridized carbons (Fsp3) is 0.632. The van der Waals surface area contributed by atoms with E-state index in [1.807, 2.05) is 0 Å². The van der Waals surface area contributed by atoms with Crippen LogP contribution in [0.3, 0.4) is 0 Å². The summed E-state index contributed by atoms with van der Waals surface area (Å²) >= 11 is 0. The van der Waals surface area contributed by atoms with Crippen molar-refractivity contribution in [3.05, 3.63) is 170 Å². The summed E-state index contributed by atoms with van der Waals surface area (Å²) in [5.41, 5.74) is 0. The lowest BCUT2D eigenvalue weighted by molar-refractivity contribution is -0.161. The minimum atomic E-state index is -5.00. The van der Waals surface area contributed by atoms with E-state index in [0.717, 1.165) is 218 Å². The molecule has 602 valence electrons. The van der Waals surface area contributed by atoms with Gasteiger partial charge in [0.2, 0.25) is 0 Å². The van der Waals surface area contributed by atoms with Crippen LogP contribution in [0.2, 0.25) is 0 Å². The van der Waals surface area contributed by atoms with Gasteiger partial charge < -0.3 is 33.8 Å². The number of hydrogen-bond acceptors (Lipinski definition) is 15. The van der Waals surface area contributed by atoms with Crippen molar-refractivity contribution < 1.29 is 80.2 Å². The van der Waals surface area contributed by atoms with Crippen molar-refractivity contribution in [3.8, 4) is 0 Å². The van der Waals surface area contributed by atoms with Gasteiger partial charge in [0.15, 0.2) is 12.2 Å². The molecule has 0 saturated carbocycles. The number of ether oxygens (including phenoxy) is 4. The minimum Gasteiger partial charge on any atom is -0.462 e. The number of allylic oxidation sites excluding steroid dienone is 28. The molecule has 5 unspecified atom stereocenters. The van der Waals surface area contributed by atoms with Gasteiger partial charge in [-0.15, -0.1) is 0 Å². The summed E-state index contributed by atoms with van der Waals surface area (Å²) in [5.74, 6) is -2.27. The van der Waals surface area contributed by atoms with Gasteiger partial charge in [-0.05, 0) is 167 Å². The molecule has 0 aliphatic rings. The largest absolute Gasteiger partial charge is 0.472 e. The van der Waals surface area contributed by atoms with E-state index in [-0.39, 0.29) is 25.7 Å². The van der Waals surface area contributed by atoms with Crippen LogP contribution < -0.4 is 0 Å². The number of aliphatic hydroxyl groups excluding tert-OH is 1. The van der Waals surface area contributed by atoms with Gasteiger partial charge in [0.05, 0.1) is 26.4 Å². The molecule has 0 rings (SSSR count). The fourth-order valence-electron chi connectivity index (χ4n) is 10.2. The van der Waals surface area contributed by atoms with E-state index in [0.29, 0.717) is 25.7 Å². The van der Waals surface area contributed by atoms with Crippen LogP contribution in [-0.2, 0) is 65.4 Å². The first-order chi connectivity index (χ1) is 51.7. The number of esters is 4. The second-order valence-corrected chi connectivity index (χ2v) is 29.1. The monoisotopic (exact) mass is 1520 g/mol. The molecule has 0 aromatic rings. The first-order valence-corrected chi connectivity index (χ1v) is 43.4. The molecule has 0 radical (unpaired) electrons. The molecule has 106 heavy (non-hydrogen) atoms. The lowest BCUT2D eigenvalue weighted by Gasteiger charge is -2.21. The fourth-order valence-corrected chi connectivity index (χ4v) is 11.8. The van der Waals surface area contributed by atoms with Crippen molar-refractivity contribution in [2.24, 2.45) is 0 Å². The van der Waals surface area contributed by atoms with E-state index >= 15 is 0 Å². The first kappa shape index (κ1) is 100. The number of phosphoric acid groups is 2. The quantitative estimate of drug-likeness (QED) is 0.0169. The van der Waals surface area contributed by atoms with Crippen molar-refractivity contribution in [2.75, 3.05) is 39.6 Å². The van der Waals surface area contributed by atoms with Crippen LogP contribution in [0.5, 0.6) is 0 Å². The number of carbonyl (C=O) groups excluding carboxylic acids is 4. The molecule has 0 aromatic carbocycles. The van der Waals surface area contributed by atoms with E-state index in [1.54, 1.807) is 0 Å². The zero-order chi connectivity index (χ0) is 77.4. The number of phosphoric ester groups is 2. The van der Waals surface area contributed by atoms with E-state index in [2.05, 4.69) is 198 Å². The van der Waals surface area contributed by atoms with E-state index in [1.165, 1.54) is 0 Å². The SMILES string of the molecule is CC/C=C\C/C=C\C/C=C\C/C=C\CCCCCCC(=O)OCC(COP(=O)(O)OCC(O)COP(=O)(O)OCC(COC(=O)CCCCCCCCC/C=C\C/C=C\C/C=C\CC)OC(=O)CCCCCCC/C=C\C/C=C\C/C=C\CC)OC(=O)CCCCCC/C=C\C/C=C\C/C=C\C/C=C\CC. The molecule has 5 atom stereocenters. The highest BCUT2D eigenvalue weighted by Crippen LogP contribution is 2.45. The molecular formula is C87H142O17P2. The van der Waals surface area contributed by atoms with Crippen LogP contribution in [0.15, 0.2) is 170 Å². The predicted molar refractivity (Wildman–Crippen MR) is 436 cm³/mol. The van der Waals surface area contributed by atoms with Gasteiger partial charge in [-0.3, -0.25) is 37.3 Å². The minimum absolute atomic E-state index is 0.0548. The Morgan fingerprint density at radius 3 is 0.708 bits per heavy atom. The van der Waals surface area contributed by atoms with E-state index in [9.17, 15) is 43.2 Å². The number of unbranched alkanes of at least 4 members (excludes halogenated alkanes) is 20. The van der Waals surface area contributed by atoms with Crippen molar-refractivity contribution in [3.63, 3.8) is 0 Å². The molecule has 19 heteroatoms. The summed E-state index contributed by atoms with van der Waals surface area (Å²) in [6.07, 6.45) is 91.8. The predicted octanol–water partition coefficient (Wildman–Crippen LogP) is 23.8. The number of carbonyl (C=O) groups is 4. The Kier molecular flexibility index (Phi) is 73.5. The third-order valence-electron chi connectivity index (χ3n) is 16.2. The molecule has 0 aliphatic heterocycles. The zero-order valence-electron chi connectivity index (χ0n) is 65.8. The molecule has 0 bridgehead atoms. The van der Waals surface area contributed by atoms with Crippen molar-refractivity contribution >= 4 is 39.5 Å². The van der Waals surface area contributed by atoms with Gasteiger partial charge in [0, 0.05) is 25.7 Å². The Morgan fingerprint density at radius 1 is 0.264 bits per heavy atom. The maximum Gasteiger partial charge on any atom is 0.472 e. The standard InChI is InChI=1S/C87H142O17P2/c1-5-9-13-17-21-25-29-33-37-40-44-47-51-55-59-63-67-71-84(89)97-77-82(103-86(91)73-69-65-61-57-53-49-43-36-32-28-24-20-16-12-8-4)79-101-105(93,94)99-75-81(88)76-100-106(95,96)102-80-83(104-87(92)74-70-66-62-58-54-50-46-42-39-35-31-27-23-19-15-11-7-3)78-98-85(90)72-68-64-60-56-52-48-45-41-38-34-30-26-22-18-14-10-6-2/h9-16,21-28,33-39,43,45-46,48,50,81-83,88H,5-8,17-20,29-32,40-42,44,47,49,51-80H2,1-4H3,(H,93,94)(H,95,96)/b13-9-,14-10-,15-11-,16-12-,25-21-,26-22-,27-23-,28-24-,37-33-,38-34-,39-35-,43-36-,48-45-,50-46-. The van der Waals surface area contributed by atoms with E-state index in [4.69, 9.17) is 37.0 Å². The van der Waals surface area contributed by atoms with Crippen LogP contribution in [0.1, 0.15) is 297 Å². The van der Waals surface area contributed by atoms with Gasteiger partial charge in [-0.25, -0.2) is 9.13 Å². The lowest BCUT2D eigenvalue weighted by Crippen LogP contribution is -2.30. The molecule has 0 spiro atoms. The number of aliphatic hydroxyl groups is 1.